The summed E-state index contributed by atoms with van der Waals surface area (Å²) in [5, 5.41) is 71.8. The number of nitrogens with zero attached hydrogens (tertiary/aromatic N) is 9. The number of carbonyl (C=O) groups excluding carboxylic acids is 5. The molecular formula is C62H128B3Cl2N12O13PdY4-9. The Hall–Kier alpha value is 1.38. The van der Waals surface area contributed by atoms with Gasteiger partial charge in [0.05, 0.1) is 54.2 Å². The van der Waals surface area contributed by atoms with Gasteiger partial charge in [-0.15, -0.1) is 24.8 Å². The number of Topliss-reactive ketones (excluding diaryl/α,β-unsaturated/α-hetero) is 2. The summed E-state index contributed by atoms with van der Waals surface area (Å²) in [5.74, 6) is 0.738. The van der Waals surface area contributed by atoms with Crippen molar-refractivity contribution >= 4 is 81.2 Å². The van der Waals surface area contributed by atoms with E-state index in [9.17, 15) is 39.0 Å². The van der Waals surface area contributed by atoms with Crippen molar-refractivity contribution in [3.63, 3.8) is 0 Å². The van der Waals surface area contributed by atoms with Crippen LogP contribution < -0.4 is 16.4 Å². The minimum Gasteiger partial charge on any atom is -0.503 e. The van der Waals surface area contributed by atoms with E-state index in [1.165, 1.54) is 19.8 Å². The van der Waals surface area contributed by atoms with Crippen molar-refractivity contribution < 1.29 is 216 Å². The van der Waals surface area contributed by atoms with Crippen LogP contribution in [0.15, 0.2) is 5.11 Å². The van der Waals surface area contributed by atoms with E-state index in [-0.39, 0.29) is 317 Å². The van der Waals surface area contributed by atoms with Crippen LogP contribution in [0.5, 0.6) is 0 Å². The summed E-state index contributed by atoms with van der Waals surface area (Å²) < 4.78 is 0. The molecule has 97 heavy (non-hydrogen) atoms. The zero-order chi connectivity index (χ0) is 65.7. The smallest absolute Gasteiger partial charge is 0.377 e. The molecule has 4 radical (unpaired) electrons. The number of ketones is 2. The maximum Gasteiger partial charge on any atom is 0.377 e. The Morgan fingerprint density at radius 2 is 0.918 bits per heavy atom. The van der Waals surface area contributed by atoms with Crippen molar-refractivity contribution in [2.75, 3.05) is 52.4 Å². The van der Waals surface area contributed by atoms with Gasteiger partial charge in [-0.2, -0.15) is 0 Å². The van der Waals surface area contributed by atoms with Crippen molar-refractivity contribution in [3.8, 4) is 0 Å². The van der Waals surface area contributed by atoms with Gasteiger partial charge in [-0.1, -0.05) is 39.7 Å². The van der Waals surface area contributed by atoms with E-state index in [0.29, 0.717) is 63.1 Å². The van der Waals surface area contributed by atoms with Crippen LogP contribution in [0.2, 0.25) is 20.5 Å². The Balaban J connectivity index is -0.0000000739. The zero-order valence-corrected chi connectivity index (χ0v) is 77.0. The second kappa shape index (κ2) is 68.0. The molecule has 25 nitrogen and oxygen atoms in total. The molecule has 8 aliphatic heterocycles. The number of carboxylic acid groups (broad SMARTS) is 1. The first-order valence-corrected chi connectivity index (χ1v) is 30.4. The number of carboxylic acids is 1. The van der Waals surface area contributed by atoms with Crippen LogP contribution in [0, 0.1) is 82.6 Å². The van der Waals surface area contributed by atoms with E-state index in [0.717, 1.165) is 70.1 Å². The normalized spacial score (nSPS) is 27.9. The van der Waals surface area contributed by atoms with Gasteiger partial charge >= 0.3 is 21.2 Å². The summed E-state index contributed by atoms with van der Waals surface area (Å²) in [5.41, 5.74) is 13.8. The van der Waals surface area contributed by atoms with E-state index in [4.69, 9.17) is 36.5 Å². The Labute approximate surface area is 717 Å². The van der Waals surface area contributed by atoms with Gasteiger partial charge in [0, 0.05) is 225 Å². The Kier molecular flexibility index (Phi) is 89.7. The van der Waals surface area contributed by atoms with Crippen LogP contribution in [0.3, 0.4) is 0 Å². The third-order valence-corrected chi connectivity index (χ3v) is 16.2. The topological polar surface area (TPSA) is 362 Å². The SMILES string of the molecule is CB(O)N1C[C@H](C)C[C@H]1C.CB(O)N1C[C@H](C)C[C@H]1C(C)=O.CC(=O)[C@@H]1C[C@@H](O)CN1.CC[C@@H]1C[C@@H](C)CN1B(C)O.C[C@@H]1C[C@@H](O)CN1.Cl.Cl.[CH2-]C(=O)N1C[C@@H](N)C[C@H]1C.[CH2-]C(=O)N1C[C@@H](N=[N+]=[N-])C[C@H]1C.[CH2-]C(=O)N1C[C@H](O)C[C@H]1C.[CH2-]C(=O)O.[CH3-].[CH3-].[CH3-].[CH3-].[CH3-].[Pd].[Y].[Y].[Y].[Y]. The van der Waals surface area contributed by atoms with Gasteiger partial charge < -0.3 is 153 Å². The van der Waals surface area contributed by atoms with E-state index >= 15 is 0 Å². The summed E-state index contributed by atoms with van der Waals surface area (Å²) >= 11 is 0. The first kappa shape index (κ1) is 128. The first-order valence-electron chi connectivity index (χ1n) is 30.4. The first-order chi connectivity index (χ1) is 39.4. The van der Waals surface area contributed by atoms with Gasteiger partial charge in [0.15, 0.2) is 5.97 Å². The van der Waals surface area contributed by atoms with Crippen LogP contribution >= 0.6 is 24.8 Å². The van der Waals surface area contributed by atoms with Crippen molar-refractivity contribution in [2.45, 2.75) is 233 Å². The molecule has 0 aromatic carbocycles. The number of likely N-dealkylation sites (tertiary alicyclic amines) is 3. The number of hydrogen-bond donors (Lipinski definition) is 10. The fourth-order valence-corrected chi connectivity index (χ4v) is 12.0. The predicted octanol–water partition coefficient (Wildman–Crippen LogP) is 5.15. The average molecular weight is 1820 g/mol. The molecule has 568 valence electrons. The van der Waals surface area contributed by atoms with Crippen molar-refractivity contribution in [1.82, 2.24) is 39.8 Å². The third kappa shape index (κ3) is 53.8. The second-order valence-corrected chi connectivity index (χ2v) is 24.8. The minimum atomic E-state index is -1.08. The molecule has 3 amide bonds. The number of carbonyl (C=O) groups is 6. The number of β-amino-alcohol motifs (C(OH)–C–C–N with tert-alkyl or cyclic N) is 3. The number of azide groups is 1. The largest absolute Gasteiger partial charge is 0.503 e. The number of aliphatic hydroxyl groups is 3. The van der Waals surface area contributed by atoms with E-state index in [1.54, 1.807) is 28.4 Å². The molecule has 8 rings (SSSR count). The fourth-order valence-electron chi connectivity index (χ4n) is 12.0. The molecule has 0 bridgehead atoms. The van der Waals surface area contributed by atoms with Gasteiger partial charge in [0.1, 0.15) is 11.6 Å². The number of aliphatic hydroxyl groups excluding tert-OH is 3. The zero-order valence-electron chi connectivity index (χ0n) is 62.4. The third-order valence-electron chi connectivity index (χ3n) is 16.2. The molecular weight excluding hydrogens is 1690 g/mol. The molecule has 8 fully saturated rings. The number of nitrogens with two attached hydrogens (primary N) is 1. The van der Waals surface area contributed by atoms with E-state index < -0.39 is 13.0 Å². The van der Waals surface area contributed by atoms with Crippen molar-refractivity contribution in [2.24, 2.45) is 28.6 Å². The van der Waals surface area contributed by atoms with E-state index in [2.05, 4.69) is 99.5 Å². The molecule has 16 atom stereocenters. The molecule has 0 aromatic rings. The molecule has 35 heteroatoms. The Bertz CT molecular complexity index is 2040. The summed E-state index contributed by atoms with van der Waals surface area (Å²) in [6.45, 7) is 45.9. The predicted molar refractivity (Wildman–Crippen MR) is 382 cm³/mol. The summed E-state index contributed by atoms with van der Waals surface area (Å²) in [6.07, 6.45) is 7.60. The van der Waals surface area contributed by atoms with E-state index in [1.807, 2.05) is 39.2 Å². The Morgan fingerprint density at radius 3 is 1.14 bits per heavy atom. The van der Waals surface area contributed by atoms with Gasteiger partial charge in [-0.3, -0.25) is 21.3 Å². The van der Waals surface area contributed by atoms with Crippen LogP contribution in [0.25, 0.3) is 10.4 Å². The molecule has 0 aromatic heterocycles. The summed E-state index contributed by atoms with van der Waals surface area (Å²) in [6, 6.07) is 2.21. The monoisotopic (exact) mass is 1810 g/mol. The number of halogens is 2. The maximum atomic E-state index is 11.2. The quantitative estimate of drug-likeness (QED) is 0.0518. The number of nitrogens with one attached hydrogen (secondary N) is 2. The van der Waals surface area contributed by atoms with Crippen LogP contribution in [-0.2, 0) is 180 Å². The molecule has 0 spiro atoms. The van der Waals surface area contributed by atoms with Gasteiger partial charge in [-0.25, -0.2) is 0 Å². The number of hydrogen-bond acceptors (Lipinski definition) is 19. The van der Waals surface area contributed by atoms with Crippen LogP contribution in [0.4, 0.5) is 0 Å². The molecule has 0 aliphatic carbocycles. The number of aliphatic carboxylic acids is 1. The van der Waals surface area contributed by atoms with Gasteiger partial charge in [0.25, 0.3) is 0 Å². The second-order valence-electron chi connectivity index (χ2n) is 24.8. The average Bonchev–Trinajstić information content (AvgIpc) is 1.77. The molecule has 8 heterocycles. The fraction of sp³-hybridized carbons (Fsp3) is 0.758. The molecule has 8 saturated heterocycles. The summed E-state index contributed by atoms with van der Waals surface area (Å²) in [4.78, 5) is 76.9. The summed E-state index contributed by atoms with van der Waals surface area (Å²) in [7, 11) is -1.02. The standard InChI is InChI=1S/C8H16BNO2.C8H18BNO.C7H16BNO.C7H11N4O.C7H13N2O.C7H12NO2.C6H11NO2.C5H11NO.C2H3O2.5CH3.2ClH.Pd.4Y/c1-6-4-8(7(2)11)10(5-6)9(3)12;1-4-8-5-7(2)6-10(8)9(3)11;1-6-4-7(2)9(5-6)8(3)10;1-5-3-7(9-10-8)4-11(5)6(2)12;1-5-3-7(8)4-9(5)6(2)10;1-5-3-7(10)4-8(5)6(2)9;1-4(8)6-2-5(9)3-7-6;1-4-2-5(7)3-6-4;1-2(3)4;;;;;;;;;;;;/h6,8,12H,4-5H2,1-3H3;7-8,11H,4-6H2,1-3H3;6-7,10H,4-5H2,1-3H3;5,7H,2-4H2,1H3;5,7H,2-4,8H2,1H3;5,7,10H,2-4H2,1H3;5-7,9H,2-3H2,1H3;4-7H,2-3H2,1H3;1H2,(H,3,4);5*1H3;2*1H;;;;;/q;;;3*-1;;;6*-1;;;;;;;/t6-,8+;7-,8-;6-,7-;2*5-,7+;5-,7-;5-,6+;4-,5-;;;;;;;;;;;;;/m11111111............./s1. The van der Waals surface area contributed by atoms with Crippen molar-refractivity contribution in [3.05, 3.63) is 75.3 Å². The van der Waals surface area contributed by atoms with Crippen LogP contribution in [-0.4, -0.2) is 252 Å². The van der Waals surface area contributed by atoms with Crippen molar-refractivity contribution in [1.29, 1.82) is 0 Å². The Morgan fingerprint density at radius 1 is 0.536 bits per heavy atom. The maximum absolute atomic E-state index is 11.2. The van der Waals surface area contributed by atoms with Crippen LogP contribution in [0.1, 0.15) is 134 Å². The van der Waals surface area contributed by atoms with Gasteiger partial charge in [0.2, 0.25) is 0 Å². The molecule has 0 saturated carbocycles. The minimum absolute atomic E-state index is 0. The molecule has 11 N–H and O–H groups in total. The number of amides is 3. The van der Waals surface area contributed by atoms with Gasteiger partial charge in [-0.05, 0) is 169 Å². The molecule has 0 unspecified atom stereocenters. The number of rotatable bonds is 7. The molecule has 8 aliphatic rings.